The number of Topliss-reactive ketones (excluding diaryl/α,β-unsaturated/α-hetero) is 1. The standard InChI is InChI=1S/C20H22N4O4.C19H20N4O4.C19H18N4O4.C19H18N4O3.C18H17N3O3.C4H7NO.CH2O3.2K.H2O2.H/c1-24(27-2)20(26)16-10-4-3-7-13-28-17-11-12-21-18(23-17)14-8-5-6-9-15(14)19(25)22-16;2*20-17(25)16(24)14-8-2-1-5-11-27-15-9-10-21-18(23-15)12-6-3-4-7-13(12)19(26)22-14;20-12-16(24)15-8-2-1-5-11-26-17-9-10-21-18(23-17)13-6-3-4-7-14(13)19(25)22-15;22-12-13-6-2-1-5-11-24-16-9-10-19-17(21-16)14-7-3-4-8-15(14)18(23)20-13;1-4(2,6)3-5;2-1-4-3;;;1-2;/h3-6,8-9,11-12,16H,7,10,13H2,1-2H3,(H,22,25);1-4,6-7,9-10,14,16,24H,5,8,11H2,(H2,20,25)(H,22,26);1-4,6-7,9-10,14H,5,8,11H2,(H2,20,25)(H,22,26);1-4,6-7,9-10,15-16,24H,5,8,11H2,(H,22,25);1-4,7-10,12-13H,5-6,11H2,(H,20,23);6H,1-2H3;1,3H;;;1-2H;/q;;;;;;;2*+1;;-1/p-1/b4-3+;4*2-1+;;;;;;/t16-;14-,16?;14-;15-,16?;13-;;;;;;/m00000....../s1. The fourth-order valence-corrected chi connectivity index (χ4v) is 13.2. The molecule has 14 N–H and O–H groups in total. The monoisotopic (exact) mass is 2050 g/mol. The number of aliphatic hydroxyl groups is 3. The molecule has 0 spiro atoms. The SMILES string of the molecule is CC(C)(O)C#N.CON(C)C(=O)[C@@H]1C/C=C/CCOc2ccnc(n2)-c2ccccc2C(=O)N1.N#CC(O)[C@@H]1C/C=C/CCOc2ccnc(n2)-c2ccccc2C(=O)N1.NC(=O)C(=O)[C@@H]1C/C=C/CCOc2ccnc(n2)-c2ccccc2C(=O)N1.NC(=O)C(O)[C@@H]1C/C=C/CCOc2ccnc(n2)-c2ccccc2C(=O)N1.O=CO[O-].O=C[C@@H]1C/C=C/CCOc2ccnc(n2)-c2ccccc2C(=O)N1.OO.[H-].[K+].[K+]. The van der Waals surface area contributed by atoms with Crippen molar-refractivity contribution in [2.75, 3.05) is 47.2 Å². The third-order valence-electron chi connectivity index (χ3n) is 20.3. The number of aldehydes is 1. The first-order valence-electron chi connectivity index (χ1n) is 44.4. The summed E-state index contributed by atoms with van der Waals surface area (Å²) in [6.45, 7) is 4.84. The number of carbonyl (C=O) groups excluding carboxylic acids is 11. The van der Waals surface area contributed by atoms with E-state index in [4.69, 9.17) is 76.2 Å². The number of ether oxygens (including phenoxy) is 5. The molecule has 0 radical (unpaired) electrons. The number of nitrogens with zero attached hydrogens (tertiary/aromatic N) is 13. The molecule has 752 valence electrons. The average Bonchev–Trinajstić information content (AvgIpc) is 0.829. The first-order chi connectivity index (χ1) is 69.6. The van der Waals surface area contributed by atoms with E-state index in [0.29, 0.717) is 193 Å². The molecule has 5 aliphatic heterocycles. The molecule has 2 unspecified atom stereocenters. The number of nitrogens with two attached hydrogens (primary N) is 2. The van der Waals surface area contributed by atoms with Gasteiger partial charge in [-0.15, -0.1) is 0 Å². The fourth-order valence-electron chi connectivity index (χ4n) is 13.2. The molecule has 10 heterocycles. The maximum absolute atomic E-state index is 13.0. The number of rotatable bonds is 9. The number of carbonyl (C=O) groups is 11. The van der Waals surface area contributed by atoms with E-state index in [-0.39, 0.29) is 147 Å². The first kappa shape index (κ1) is 120. The molecule has 46 heteroatoms. The Balaban J connectivity index is 0.000000312. The molecule has 0 saturated heterocycles. The number of hydrogen-bond acceptors (Lipinski definition) is 36. The van der Waals surface area contributed by atoms with Gasteiger partial charge in [-0.25, -0.2) is 30.0 Å². The molecular weight excluding hydrogens is 1940 g/mol. The Morgan fingerprint density at radius 1 is 0.452 bits per heavy atom. The second kappa shape index (κ2) is 65.2. The summed E-state index contributed by atoms with van der Waals surface area (Å²) >= 11 is 0. The van der Waals surface area contributed by atoms with E-state index in [0.717, 1.165) is 11.3 Å². The van der Waals surface area contributed by atoms with Crippen molar-refractivity contribution < 1.29 is 221 Å². The van der Waals surface area contributed by atoms with E-state index in [9.17, 15) is 58.2 Å². The van der Waals surface area contributed by atoms with Crippen LogP contribution in [0, 0.1) is 22.7 Å². The zero-order valence-corrected chi connectivity index (χ0v) is 86.6. The molecule has 8 amide bonds. The Bertz CT molecular complexity index is 6290. The Morgan fingerprint density at radius 3 is 1.00 bits per heavy atom. The first-order valence-corrected chi connectivity index (χ1v) is 44.4. The van der Waals surface area contributed by atoms with E-state index < -0.39 is 83.3 Å². The van der Waals surface area contributed by atoms with Crippen LogP contribution in [0.5, 0.6) is 29.4 Å². The van der Waals surface area contributed by atoms with Crippen LogP contribution < -0.4 is 170 Å². The smallest absolute Gasteiger partial charge is 1.00 e. The second-order valence-corrected chi connectivity index (χ2v) is 31.0. The van der Waals surface area contributed by atoms with Crippen LogP contribution in [0.4, 0.5) is 0 Å². The van der Waals surface area contributed by atoms with Crippen molar-refractivity contribution in [1.29, 1.82) is 10.5 Å². The third-order valence-corrected chi connectivity index (χ3v) is 20.3. The number of primary amides is 2. The summed E-state index contributed by atoms with van der Waals surface area (Å²) < 4.78 is 28.1. The van der Waals surface area contributed by atoms with Crippen LogP contribution in [0.3, 0.4) is 0 Å². The van der Waals surface area contributed by atoms with E-state index in [1.165, 1.54) is 28.0 Å². The molecule has 0 aliphatic carbocycles. The van der Waals surface area contributed by atoms with Crippen LogP contribution in [-0.4, -0.2) is 242 Å². The fraction of sp³-hybridized carbons (Fsp3) is 0.270. The number of amides is 8. The van der Waals surface area contributed by atoms with E-state index in [1.54, 1.807) is 207 Å². The number of hydroxylamine groups is 2. The van der Waals surface area contributed by atoms with Crippen molar-refractivity contribution in [1.82, 2.24) is 81.5 Å². The van der Waals surface area contributed by atoms with E-state index in [1.807, 2.05) is 48.6 Å². The van der Waals surface area contributed by atoms with Crippen molar-refractivity contribution in [3.63, 3.8) is 0 Å². The van der Waals surface area contributed by atoms with Crippen LogP contribution in [0.1, 0.15) is 131 Å². The number of aromatic nitrogens is 10. The molecule has 5 aromatic heterocycles. The van der Waals surface area contributed by atoms with Crippen molar-refractivity contribution in [3.8, 4) is 98.5 Å². The van der Waals surface area contributed by atoms with Gasteiger partial charge >= 0.3 is 103 Å². The number of likely N-dealkylation sites (N-methyl/N-ethyl adjacent to an activating group) is 1. The van der Waals surface area contributed by atoms with Crippen molar-refractivity contribution in [2.45, 2.75) is 126 Å². The summed E-state index contributed by atoms with van der Waals surface area (Å²) in [4.78, 5) is 182. The van der Waals surface area contributed by atoms with Gasteiger partial charge in [-0.05, 0) is 108 Å². The third kappa shape index (κ3) is 39.4. The topological polar surface area (TPSA) is 668 Å². The molecule has 15 rings (SSSR count). The van der Waals surface area contributed by atoms with Gasteiger partial charge in [0, 0.05) is 96.2 Å². The van der Waals surface area contributed by atoms with Crippen LogP contribution in [0.2, 0.25) is 0 Å². The predicted octanol–water partition coefficient (Wildman–Crippen LogP) is 0.711. The molecular formula is C100H106K2N20O24. The largest absolute Gasteiger partial charge is 1.00 e. The zero-order valence-electron chi connectivity index (χ0n) is 81.4. The molecule has 44 nitrogen and oxygen atoms in total. The van der Waals surface area contributed by atoms with Gasteiger partial charge in [0.15, 0.2) is 41.3 Å². The van der Waals surface area contributed by atoms with Gasteiger partial charge in [-0.3, -0.25) is 63.3 Å². The van der Waals surface area contributed by atoms with Gasteiger partial charge in [0.05, 0.1) is 98.2 Å². The molecule has 5 aliphatic rings. The Hall–Kier alpha value is -14.3. The minimum Gasteiger partial charge on any atom is -1.00 e. The summed E-state index contributed by atoms with van der Waals surface area (Å²) in [5, 5.41) is 80.4. The summed E-state index contributed by atoms with van der Waals surface area (Å²) in [6.07, 6.45) is 28.8. The number of ketones is 1. The van der Waals surface area contributed by atoms with E-state index in [2.05, 4.69) is 81.3 Å². The number of nitrogens with one attached hydrogen (secondary N) is 5. The minimum atomic E-state index is -1.51. The number of benzene rings is 5. The van der Waals surface area contributed by atoms with Gasteiger partial charge in [-0.2, -0.15) is 35.4 Å². The van der Waals surface area contributed by atoms with Gasteiger partial charge in [0.2, 0.25) is 41.1 Å². The summed E-state index contributed by atoms with van der Waals surface area (Å²) in [7, 11) is 2.90. The van der Waals surface area contributed by atoms with Crippen LogP contribution in [0.25, 0.3) is 56.9 Å². The van der Waals surface area contributed by atoms with E-state index >= 15 is 0 Å². The second-order valence-electron chi connectivity index (χ2n) is 31.0. The quantitative estimate of drug-likeness (QED) is 0.0180. The van der Waals surface area contributed by atoms with Crippen molar-refractivity contribution in [2.24, 2.45) is 11.5 Å². The van der Waals surface area contributed by atoms with Crippen LogP contribution in [0.15, 0.2) is 243 Å². The van der Waals surface area contributed by atoms with Gasteiger partial charge < -0.3 is 93.4 Å². The molecule has 5 aromatic carbocycles. The normalized spacial score (nSPS) is 17.7. The number of aliphatic hydroxyl groups excluding tert-OH is 2. The number of nitriles is 2. The van der Waals surface area contributed by atoms with Crippen molar-refractivity contribution >= 4 is 65.8 Å². The number of hydrogen-bond donors (Lipinski definition) is 12. The summed E-state index contributed by atoms with van der Waals surface area (Å²) in [6, 6.07) is 42.3. The summed E-state index contributed by atoms with van der Waals surface area (Å²) in [5.74, 6) is -1.30. The molecule has 7 atom stereocenters. The Morgan fingerprint density at radius 2 is 0.719 bits per heavy atom. The molecule has 146 heavy (non-hydrogen) atoms. The molecule has 0 saturated carbocycles. The van der Waals surface area contributed by atoms with Gasteiger partial charge in [-0.1, -0.05) is 152 Å². The maximum Gasteiger partial charge on any atom is 1.00 e. The van der Waals surface area contributed by atoms with Crippen molar-refractivity contribution in [3.05, 3.63) is 271 Å². The average molecular weight is 2050 g/mol. The van der Waals surface area contributed by atoms with Crippen LogP contribution >= 0.6 is 0 Å². The molecule has 10 bridgehead atoms. The zero-order chi connectivity index (χ0) is 104. The minimum absolute atomic E-state index is 0. The number of fused-ring (bicyclic) bond motifs is 20. The van der Waals surface area contributed by atoms with Gasteiger partial charge in [0.25, 0.3) is 47.8 Å². The Labute approximate surface area is 924 Å². The Kier molecular flexibility index (Phi) is 53.8. The predicted molar refractivity (Wildman–Crippen MR) is 515 cm³/mol. The van der Waals surface area contributed by atoms with Crippen LogP contribution in [-0.2, 0) is 38.5 Å². The summed E-state index contributed by atoms with van der Waals surface area (Å²) in [5.41, 5.74) is 13.6. The van der Waals surface area contributed by atoms with Gasteiger partial charge in [0.1, 0.15) is 24.0 Å². The maximum atomic E-state index is 13.0. The molecule has 0 fully saturated rings. The molecule has 10 aromatic rings.